The first-order valence-electron chi connectivity index (χ1n) is 18.2. The first-order chi connectivity index (χ1) is 25.1. The zero-order valence-electron chi connectivity index (χ0n) is 34.1. The highest BCUT2D eigenvalue weighted by atomic mass is 28.5. The predicted molar refractivity (Wildman–Crippen MR) is 220 cm³/mol. The monoisotopic (exact) mass is 881 g/mol. The van der Waals surface area contributed by atoms with Crippen LogP contribution in [0.4, 0.5) is 0 Å². The van der Waals surface area contributed by atoms with Crippen molar-refractivity contribution in [3.8, 4) is 5.75 Å². The van der Waals surface area contributed by atoms with E-state index in [1.807, 2.05) is 38.8 Å². The summed E-state index contributed by atoms with van der Waals surface area (Å²) in [7, 11) is -14.3. The lowest BCUT2D eigenvalue weighted by Crippen LogP contribution is -2.57. The molecule has 0 saturated carbocycles. The average Bonchev–Trinajstić information content (AvgIpc) is 3.00. The van der Waals surface area contributed by atoms with Crippen LogP contribution in [0.2, 0.25) is 71.0 Å². The Hall–Kier alpha value is -1.29. The zero-order valence-corrected chi connectivity index (χ0v) is 42.1. The van der Waals surface area contributed by atoms with Crippen LogP contribution in [-0.2, 0) is 65.6 Å². The van der Waals surface area contributed by atoms with Crippen LogP contribution in [0.15, 0.2) is 36.4 Å². The minimum absolute atomic E-state index is 0.250. The minimum atomic E-state index is -2.56. The van der Waals surface area contributed by atoms with E-state index in [1.165, 1.54) is 29.2 Å². The molecule has 0 aliphatic carbocycles. The largest absolute Gasteiger partial charge is 0.426 e. The van der Waals surface area contributed by atoms with Gasteiger partial charge in [-0.3, -0.25) is 4.79 Å². The molecule has 0 amide bonds. The highest BCUT2D eigenvalue weighted by Crippen LogP contribution is 2.37. The second kappa shape index (κ2) is 20.4. The van der Waals surface area contributed by atoms with Crippen molar-refractivity contribution in [2.75, 3.05) is 0 Å². The van der Waals surface area contributed by atoms with Crippen molar-refractivity contribution in [1.82, 2.24) is 0 Å². The van der Waals surface area contributed by atoms with Gasteiger partial charge in [-0.05, 0) is 138 Å². The molecule has 2 fully saturated rings. The summed E-state index contributed by atoms with van der Waals surface area (Å²) in [6.45, 7) is 26.7. The number of carbonyl (C=O) groups excluding carboxylic acids is 3. The highest BCUT2D eigenvalue weighted by Gasteiger charge is 2.45. The Morgan fingerprint density at radius 2 is 1.15 bits per heavy atom. The number of esters is 1. The van der Waals surface area contributed by atoms with Crippen molar-refractivity contribution in [3.05, 3.63) is 64.2 Å². The van der Waals surface area contributed by atoms with Crippen LogP contribution >= 0.6 is 0 Å². The van der Waals surface area contributed by atoms with E-state index in [-0.39, 0.29) is 17.5 Å². The molecule has 0 N–H and O–H groups in total. The Balaban J connectivity index is 0.00000253. The van der Waals surface area contributed by atoms with E-state index in [4.69, 9.17) is 47.2 Å². The van der Waals surface area contributed by atoms with Gasteiger partial charge in [-0.15, -0.1) is 0 Å². The quantitative estimate of drug-likeness (QED) is 0.129. The summed E-state index contributed by atoms with van der Waals surface area (Å²) < 4.78 is 56.4. The van der Waals surface area contributed by atoms with Crippen molar-refractivity contribution in [2.45, 2.75) is 130 Å². The van der Waals surface area contributed by atoms with E-state index in [1.54, 1.807) is 0 Å². The molecule has 20 heteroatoms. The van der Waals surface area contributed by atoms with Gasteiger partial charge in [0, 0.05) is 12.3 Å². The standard InChI is InChI=1S/C33H57O10Si8.CO2/c1-26-18-19-30(24-28(26)16-14-22-50(12)40-46(7)36-44(5)37-47(8)41-50)33(3,4)31-20-21-32(35-27(2)34)29(25-31)17-15-23-51(13)42-48(9)38-45(6)39-49(10,11)43-51;2-1-3/h18-21,24-25H,14-17,22-23H2,1-13H3;. The number of hydrogen-bond donors (Lipinski definition) is 0. The molecule has 2 aromatic carbocycles. The van der Waals surface area contributed by atoms with Crippen LogP contribution in [0, 0.1) is 6.92 Å². The van der Waals surface area contributed by atoms with Crippen LogP contribution in [0.5, 0.6) is 5.75 Å². The summed E-state index contributed by atoms with van der Waals surface area (Å²) in [4.78, 5) is 28.4. The third-order valence-corrected chi connectivity index (χ3v) is 33.9. The van der Waals surface area contributed by atoms with E-state index in [9.17, 15) is 4.79 Å². The lowest BCUT2D eigenvalue weighted by Gasteiger charge is -2.40. The Bertz CT molecular complexity index is 1580. The summed E-state index contributed by atoms with van der Waals surface area (Å²) >= 11 is 0. The topological polar surface area (TPSA) is 134 Å². The predicted octanol–water partition coefficient (Wildman–Crippen LogP) is 7.12. The summed E-state index contributed by atoms with van der Waals surface area (Å²) in [5.74, 6) is 0.279. The molecule has 0 spiro atoms. The number of carbonyl (C=O) groups is 1. The molecule has 0 bridgehead atoms. The van der Waals surface area contributed by atoms with E-state index in [2.05, 4.69) is 77.3 Å². The van der Waals surface area contributed by atoms with E-state index >= 15 is 0 Å². The fourth-order valence-electron chi connectivity index (χ4n) is 6.87. The molecule has 2 heterocycles. The van der Waals surface area contributed by atoms with Gasteiger partial charge in [0.15, 0.2) is 0 Å². The van der Waals surface area contributed by atoms with Gasteiger partial charge < -0.3 is 37.7 Å². The molecule has 0 aromatic heterocycles. The minimum Gasteiger partial charge on any atom is -0.426 e. The van der Waals surface area contributed by atoms with Crippen LogP contribution in [0.3, 0.4) is 0 Å². The van der Waals surface area contributed by atoms with Crippen molar-refractivity contribution in [3.63, 3.8) is 0 Å². The maximum atomic E-state index is 12.1. The van der Waals surface area contributed by atoms with Gasteiger partial charge in [0.2, 0.25) is 0 Å². The number of benzene rings is 2. The first kappa shape index (κ1) is 47.1. The van der Waals surface area contributed by atoms with Crippen LogP contribution < -0.4 is 4.74 Å². The third-order valence-electron chi connectivity index (χ3n) is 9.05. The highest BCUT2D eigenvalue weighted by molar-refractivity contribution is 6.86. The van der Waals surface area contributed by atoms with Gasteiger partial charge in [0.25, 0.3) is 0 Å². The third kappa shape index (κ3) is 14.6. The average molecular weight is 883 g/mol. The van der Waals surface area contributed by atoms with Crippen molar-refractivity contribution >= 4 is 84.2 Å². The summed E-state index contributed by atoms with van der Waals surface area (Å²) in [6, 6.07) is 14.8. The van der Waals surface area contributed by atoms with Gasteiger partial charge in [-0.1, -0.05) is 44.2 Å². The Morgan fingerprint density at radius 3 is 1.70 bits per heavy atom. The maximum Gasteiger partial charge on any atom is 0.373 e. The molecule has 5 radical (unpaired) electrons. The molecular weight excluding hydrogens is 825 g/mol. The summed E-state index contributed by atoms with van der Waals surface area (Å²) in [5, 5.41) is 0. The molecule has 54 heavy (non-hydrogen) atoms. The smallest absolute Gasteiger partial charge is 0.373 e. The van der Waals surface area contributed by atoms with Gasteiger partial charge in [-0.25, -0.2) is 0 Å². The van der Waals surface area contributed by atoms with E-state index in [0.717, 1.165) is 43.3 Å². The van der Waals surface area contributed by atoms with E-state index in [0.29, 0.717) is 5.75 Å². The molecular formula is C34H57O12Si8. The van der Waals surface area contributed by atoms with Crippen LogP contribution in [0.1, 0.15) is 61.4 Å². The SMILES string of the molecule is CC(=O)Oc1ccc(C(C)(C)c2ccc(C)c(CCC[Si]3(C)O[Si](C)O[Si](C)O[Si](C)O3)c2)cc1CCC[Si]1(C)O[Si](C)O[Si](C)O[Si](C)(C)O1.O=C=O. The zero-order chi connectivity index (χ0) is 40.5. The Morgan fingerprint density at radius 1 is 0.704 bits per heavy atom. The summed E-state index contributed by atoms with van der Waals surface area (Å²) in [5.41, 5.74) is 5.74. The Labute approximate surface area is 334 Å². The fourth-order valence-corrected chi connectivity index (χ4v) is 33.6. The second-order valence-electron chi connectivity index (χ2n) is 14.9. The molecule has 4 rings (SSSR count). The molecule has 2 aliphatic heterocycles. The maximum absolute atomic E-state index is 12.1. The van der Waals surface area contributed by atoms with Crippen LogP contribution in [-0.4, -0.2) is 84.2 Å². The number of rotatable bonds is 11. The van der Waals surface area contributed by atoms with Crippen molar-refractivity contribution < 1.29 is 52.0 Å². The van der Waals surface area contributed by atoms with Crippen molar-refractivity contribution in [1.29, 1.82) is 0 Å². The molecule has 1 unspecified atom stereocenters. The number of aryl methyl sites for hydroxylation is 3. The van der Waals surface area contributed by atoms with Crippen LogP contribution in [0.25, 0.3) is 0 Å². The Kier molecular flexibility index (Phi) is 17.8. The molecule has 1 atom stereocenters. The second-order valence-corrected chi connectivity index (χ2v) is 34.7. The fraction of sp³-hybridized carbons (Fsp3) is 0.588. The molecule has 12 nitrogen and oxygen atoms in total. The molecule has 2 saturated heterocycles. The molecule has 2 aromatic rings. The van der Waals surface area contributed by atoms with Gasteiger partial charge in [0.1, 0.15) is 5.75 Å². The lowest BCUT2D eigenvalue weighted by atomic mass is 9.76. The lowest BCUT2D eigenvalue weighted by molar-refractivity contribution is -0.191. The van der Waals surface area contributed by atoms with Gasteiger partial charge in [-0.2, -0.15) is 9.59 Å². The van der Waals surface area contributed by atoms with Crippen molar-refractivity contribution in [2.24, 2.45) is 0 Å². The first-order valence-corrected chi connectivity index (χ1v) is 35.1. The summed E-state index contributed by atoms with van der Waals surface area (Å²) in [6.07, 6.45) is 3.71. The molecule has 297 valence electrons. The number of hydrogen-bond acceptors (Lipinski definition) is 12. The van der Waals surface area contributed by atoms with Gasteiger partial charge in [0.05, 0.1) is 0 Å². The normalized spacial score (nSPS) is 22.2. The van der Waals surface area contributed by atoms with E-state index < -0.39 is 72.1 Å². The molecule has 2 aliphatic rings. The number of ether oxygens (including phenoxy) is 1. The van der Waals surface area contributed by atoms with Gasteiger partial charge >= 0.3 is 84.2 Å².